The summed E-state index contributed by atoms with van der Waals surface area (Å²) in [6.45, 7) is 3.29. The number of nitrogens with two attached hydrogens (primary N) is 1. The molecule has 0 bridgehead atoms. The quantitative estimate of drug-likeness (QED) is 0.806. The Balaban J connectivity index is 1.78. The molecule has 134 valence electrons. The highest BCUT2D eigenvalue weighted by atomic mass is 16.1. The lowest BCUT2D eigenvalue weighted by Crippen LogP contribution is -2.43. The van der Waals surface area contributed by atoms with Gasteiger partial charge in [-0.3, -0.25) is 14.8 Å². The zero-order valence-corrected chi connectivity index (χ0v) is 14.9. The molecule has 1 aliphatic rings. The fourth-order valence-corrected chi connectivity index (χ4v) is 3.24. The Bertz CT molecular complexity index is 799. The number of rotatable bonds is 7. The van der Waals surface area contributed by atoms with Gasteiger partial charge in [0.2, 0.25) is 5.91 Å². The van der Waals surface area contributed by atoms with Crippen LogP contribution in [0.2, 0.25) is 0 Å². The van der Waals surface area contributed by atoms with Crippen molar-refractivity contribution in [2.24, 2.45) is 16.1 Å². The molecule has 1 amide bonds. The minimum Gasteiger partial charge on any atom is -0.368 e. The van der Waals surface area contributed by atoms with Gasteiger partial charge in [0.1, 0.15) is 6.04 Å². The lowest BCUT2D eigenvalue weighted by molar-refractivity contribution is -0.120. The van der Waals surface area contributed by atoms with Gasteiger partial charge in [0.15, 0.2) is 0 Å². The maximum atomic E-state index is 12.0. The molecule has 0 saturated heterocycles. The molecular weight excluding hydrogens is 324 g/mol. The minimum atomic E-state index is -0.524. The monoisotopic (exact) mass is 348 g/mol. The maximum Gasteiger partial charge on any atom is 0.239 e. The molecule has 2 heterocycles. The van der Waals surface area contributed by atoms with Crippen molar-refractivity contribution in [1.82, 2.24) is 10.3 Å². The fraction of sp³-hybridized carbons (Fsp3) is 0.286. The molecule has 0 aliphatic carbocycles. The number of hydrogen-bond donors (Lipinski definition) is 2. The zero-order valence-electron chi connectivity index (χ0n) is 14.9. The Hall–Kier alpha value is -2.79. The topological polar surface area (TPSA) is 80.4 Å². The molecule has 5 nitrogen and oxygen atoms in total. The van der Waals surface area contributed by atoms with E-state index in [2.05, 4.69) is 21.4 Å². The van der Waals surface area contributed by atoms with Crippen LogP contribution < -0.4 is 11.1 Å². The largest absolute Gasteiger partial charge is 0.368 e. The van der Waals surface area contributed by atoms with E-state index in [1.807, 2.05) is 55.6 Å². The minimum absolute atomic E-state index is 0.200. The third-order valence-electron chi connectivity index (χ3n) is 4.71. The number of carbonyl (C=O) groups is 1. The molecule has 0 fully saturated rings. The van der Waals surface area contributed by atoms with Crippen molar-refractivity contribution in [2.75, 3.05) is 13.1 Å². The molecule has 1 aromatic carbocycles. The SMILES string of the molecule is Cc1ccc(C(NCC2(Cc3ccncc3)C=CC=NC2)C(N)=O)cc1. The smallest absolute Gasteiger partial charge is 0.239 e. The van der Waals surface area contributed by atoms with E-state index in [0.29, 0.717) is 13.1 Å². The summed E-state index contributed by atoms with van der Waals surface area (Å²) in [6.07, 6.45) is 10.4. The van der Waals surface area contributed by atoms with E-state index < -0.39 is 6.04 Å². The van der Waals surface area contributed by atoms with Crippen LogP contribution in [0.15, 0.2) is 65.9 Å². The van der Waals surface area contributed by atoms with Crippen LogP contribution in [0.5, 0.6) is 0 Å². The van der Waals surface area contributed by atoms with Crippen LogP contribution in [0.1, 0.15) is 22.7 Å². The number of aryl methyl sites for hydroxylation is 1. The number of aliphatic imine (C=N–C) groups is 1. The molecule has 3 rings (SSSR count). The van der Waals surface area contributed by atoms with Crippen LogP contribution in [0.25, 0.3) is 0 Å². The van der Waals surface area contributed by atoms with E-state index in [-0.39, 0.29) is 11.3 Å². The van der Waals surface area contributed by atoms with Gasteiger partial charge in [0.25, 0.3) is 0 Å². The number of nitrogens with zero attached hydrogens (tertiary/aromatic N) is 2. The van der Waals surface area contributed by atoms with E-state index in [9.17, 15) is 4.79 Å². The van der Waals surface area contributed by atoms with E-state index in [1.165, 1.54) is 5.56 Å². The summed E-state index contributed by atoms with van der Waals surface area (Å²) >= 11 is 0. The normalized spacial score (nSPS) is 20.0. The van der Waals surface area contributed by atoms with E-state index in [1.54, 1.807) is 12.4 Å². The number of carbonyl (C=O) groups excluding carboxylic acids is 1. The molecule has 1 aromatic heterocycles. The lowest BCUT2D eigenvalue weighted by atomic mass is 9.80. The van der Waals surface area contributed by atoms with Crippen LogP contribution in [-0.4, -0.2) is 30.2 Å². The summed E-state index contributed by atoms with van der Waals surface area (Å²) in [4.78, 5) is 20.6. The van der Waals surface area contributed by atoms with Gasteiger partial charge in [0.05, 0.1) is 0 Å². The maximum absolute atomic E-state index is 12.0. The number of dihydropyridines is 1. The van der Waals surface area contributed by atoms with Crippen LogP contribution in [0.3, 0.4) is 0 Å². The summed E-state index contributed by atoms with van der Waals surface area (Å²) in [5.41, 5.74) is 8.68. The standard InChI is InChI=1S/C21H24N4O/c1-16-3-5-18(6-4-16)19(20(22)26)25-15-21(9-2-10-24-14-21)13-17-7-11-23-12-8-17/h2-12,19,25H,13-15H2,1H3,(H2,22,26). The van der Waals surface area contributed by atoms with Crippen molar-refractivity contribution in [3.8, 4) is 0 Å². The van der Waals surface area contributed by atoms with Gasteiger partial charge in [-0.15, -0.1) is 0 Å². The summed E-state index contributed by atoms with van der Waals surface area (Å²) < 4.78 is 0. The number of pyridine rings is 1. The molecule has 0 saturated carbocycles. The Morgan fingerprint density at radius 2 is 1.96 bits per heavy atom. The molecule has 26 heavy (non-hydrogen) atoms. The van der Waals surface area contributed by atoms with Crippen molar-refractivity contribution < 1.29 is 4.79 Å². The first-order chi connectivity index (χ1) is 12.6. The highest BCUT2D eigenvalue weighted by molar-refractivity contribution is 5.81. The van der Waals surface area contributed by atoms with Crippen LogP contribution in [0, 0.1) is 12.3 Å². The molecule has 2 aromatic rings. The first-order valence-corrected chi connectivity index (χ1v) is 8.74. The fourth-order valence-electron chi connectivity index (χ4n) is 3.24. The van der Waals surface area contributed by atoms with E-state index >= 15 is 0 Å². The number of allylic oxidation sites excluding steroid dienone is 1. The number of primary amides is 1. The third kappa shape index (κ3) is 4.43. The third-order valence-corrected chi connectivity index (χ3v) is 4.71. The average Bonchev–Trinajstić information content (AvgIpc) is 2.65. The molecule has 3 N–H and O–H groups in total. The second-order valence-corrected chi connectivity index (χ2v) is 6.87. The summed E-state index contributed by atoms with van der Waals surface area (Å²) in [6, 6.07) is 11.4. The van der Waals surface area contributed by atoms with Crippen molar-refractivity contribution >= 4 is 12.1 Å². The van der Waals surface area contributed by atoms with Gasteiger partial charge in [-0.25, -0.2) is 0 Å². The van der Waals surface area contributed by atoms with Gasteiger partial charge in [-0.05, 0) is 42.7 Å². The van der Waals surface area contributed by atoms with Gasteiger partial charge in [0, 0.05) is 37.1 Å². The molecule has 0 radical (unpaired) electrons. The van der Waals surface area contributed by atoms with Crippen molar-refractivity contribution in [2.45, 2.75) is 19.4 Å². The van der Waals surface area contributed by atoms with Gasteiger partial charge in [-0.2, -0.15) is 0 Å². The summed E-state index contributed by atoms with van der Waals surface area (Å²) in [5.74, 6) is -0.379. The predicted octanol–water partition coefficient (Wildman–Crippen LogP) is 2.38. The second-order valence-electron chi connectivity index (χ2n) is 6.87. The average molecular weight is 348 g/mol. The molecule has 2 atom stereocenters. The Labute approximate surface area is 154 Å². The van der Waals surface area contributed by atoms with Crippen LogP contribution >= 0.6 is 0 Å². The summed E-state index contributed by atoms with van der Waals surface area (Å²) in [7, 11) is 0. The van der Waals surface area contributed by atoms with Gasteiger partial charge >= 0.3 is 0 Å². The predicted molar refractivity (Wildman–Crippen MR) is 104 cm³/mol. The molecule has 1 aliphatic heterocycles. The van der Waals surface area contributed by atoms with Crippen LogP contribution in [0.4, 0.5) is 0 Å². The summed E-state index contributed by atoms with van der Waals surface area (Å²) in [5, 5.41) is 3.37. The number of benzene rings is 1. The Morgan fingerprint density at radius 1 is 1.23 bits per heavy atom. The van der Waals surface area contributed by atoms with Gasteiger partial charge < -0.3 is 11.1 Å². The van der Waals surface area contributed by atoms with Crippen molar-refractivity contribution in [3.05, 3.63) is 77.6 Å². The van der Waals surface area contributed by atoms with Crippen LogP contribution in [-0.2, 0) is 11.2 Å². The number of nitrogens with one attached hydrogen (secondary N) is 1. The molecule has 0 spiro atoms. The number of amides is 1. The highest BCUT2D eigenvalue weighted by Crippen LogP contribution is 2.28. The molecule has 2 unspecified atom stereocenters. The Morgan fingerprint density at radius 3 is 2.58 bits per heavy atom. The van der Waals surface area contributed by atoms with Crippen molar-refractivity contribution in [3.63, 3.8) is 0 Å². The van der Waals surface area contributed by atoms with E-state index in [4.69, 9.17) is 5.73 Å². The number of aromatic nitrogens is 1. The zero-order chi connectivity index (χ0) is 18.4. The Kier molecular flexibility index (Phi) is 5.58. The number of hydrogen-bond acceptors (Lipinski definition) is 4. The second kappa shape index (κ2) is 8.06. The highest BCUT2D eigenvalue weighted by Gasteiger charge is 2.30. The first-order valence-electron chi connectivity index (χ1n) is 8.74. The van der Waals surface area contributed by atoms with Crippen molar-refractivity contribution in [1.29, 1.82) is 0 Å². The van der Waals surface area contributed by atoms with E-state index in [0.717, 1.165) is 17.5 Å². The van der Waals surface area contributed by atoms with Gasteiger partial charge in [-0.1, -0.05) is 35.9 Å². The first kappa shape index (κ1) is 18.0. The molecular formula is C21H24N4O. The molecule has 5 heteroatoms. The lowest BCUT2D eigenvalue weighted by Gasteiger charge is -2.32.